The van der Waals surface area contributed by atoms with E-state index >= 15 is 0 Å². The summed E-state index contributed by atoms with van der Waals surface area (Å²) in [5.41, 5.74) is 4.20. The largest absolute Gasteiger partial charge is 0.366 e. The first kappa shape index (κ1) is 11.1. The van der Waals surface area contributed by atoms with E-state index in [4.69, 9.17) is 0 Å². The molecule has 2 fully saturated rings. The van der Waals surface area contributed by atoms with E-state index in [-0.39, 0.29) is 0 Å². The van der Waals surface area contributed by atoms with Gasteiger partial charge in [-0.3, -0.25) is 0 Å². The summed E-state index contributed by atoms with van der Waals surface area (Å²) in [5, 5.41) is 3.67. The quantitative estimate of drug-likeness (QED) is 0.798. The average Bonchev–Trinajstić information content (AvgIpc) is 2.75. The van der Waals surface area contributed by atoms with E-state index in [0.29, 0.717) is 0 Å². The molecule has 1 aromatic carbocycles. The molecular formula is C15H22N2. The van der Waals surface area contributed by atoms with Crippen molar-refractivity contribution < 1.29 is 0 Å². The number of fused-ring (bicyclic) bond motifs is 1. The van der Waals surface area contributed by atoms with Crippen molar-refractivity contribution in [2.24, 2.45) is 0 Å². The van der Waals surface area contributed by atoms with E-state index in [0.717, 1.165) is 25.2 Å². The van der Waals surface area contributed by atoms with Gasteiger partial charge >= 0.3 is 0 Å². The number of benzene rings is 1. The number of nitrogens with zero attached hydrogens (tertiary/aromatic N) is 1. The second-order valence-corrected chi connectivity index (χ2v) is 5.60. The summed E-state index contributed by atoms with van der Waals surface area (Å²) in [6.07, 6.45) is 4.08. The van der Waals surface area contributed by atoms with Crippen molar-refractivity contribution in [3.8, 4) is 0 Å². The van der Waals surface area contributed by atoms with Crippen LogP contribution in [0.3, 0.4) is 0 Å². The summed E-state index contributed by atoms with van der Waals surface area (Å²) in [7, 11) is 0. The lowest BCUT2D eigenvalue weighted by atomic mass is 10.0. The molecule has 0 aromatic heterocycles. The molecule has 0 amide bonds. The van der Waals surface area contributed by atoms with Crippen LogP contribution >= 0.6 is 0 Å². The predicted octanol–water partition coefficient (Wildman–Crippen LogP) is 2.63. The minimum atomic E-state index is 0.726. The zero-order valence-corrected chi connectivity index (χ0v) is 10.9. The van der Waals surface area contributed by atoms with Crippen molar-refractivity contribution in [2.45, 2.75) is 45.2 Å². The maximum atomic E-state index is 3.67. The fourth-order valence-corrected chi connectivity index (χ4v) is 3.52. The zero-order chi connectivity index (χ0) is 11.8. The third-order valence-corrected chi connectivity index (χ3v) is 4.18. The summed E-state index contributed by atoms with van der Waals surface area (Å²) in [6, 6.07) is 8.40. The molecule has 1 aliphatic carbocycles. The highest BCUT2D eigenvalue weighted by molar-refractivity contribution is 5.52. The van der Waals surface area contributed by atoms with Crippen molar-refractivity contribution in [3.63, 3.8) is 0 Å². The van der Waals surface area contributed by atoms with Crippen LogP contribution in [0.15, 0.2) is 18.2 Å². The molecule has 2 nitrogen and oxygen atoms in total. The summed E-state index contributed by atoms with van der Waals surface area (Å²) in [5.74, 6) is 0. The molecule has 1 aromatic rings. The minimum absolute atomic E-state index is 0.726. The van der Waals surface area contributed by atoms with Gasteiger partial charge in [-0.2, -0.15) is 0 Å². The summed E-state index contributed by atoms with van der Waals surface area (Å²) < 4.78 is 0. The first-order chi connectivity index (χ1) is 8.24. The highest BCUT2D eigenvalue weighted by atomic mass is 15.2. The number of rotatable bonds is 1. The third kappa shape index (κ3) is 2.06. The lowest BCUT2D eigenvalue weighted by Gasteiger charge is -2.40. The summed E-state index contributed by atoms with van der Waals surface area (Å²) in [4.78, 5) is 2.63. The molecule has 2 atom stereocenters. The van der Waals surface area contributed by atoms with Crippen molar-refractivity contribution >= 4 is 5.69 Å². The monoisotopic (exact) mass is 230 g/mol. The van der Waals surface area contributed by atoms with Crippen molar-refractivity contribution in [2.75, 3.05) is 18.0 Å². The van der Waals surface area contributed by atoms with Crippen molar-refractivity contribution in [3.05, 3.63) is 29.3 Å². The van der Waals surface area contributed by atoms with Crippen LogP contribution in [-0.2, 0) is 0 Å². The molecule has 1 aliphatic heterocycles. The van der Waals surface area contributed by atoms with Gasteiger partial charge < -0.3 is 10.2 Å². The fraction of sp³-hybridized carbons (Fsp3) is 0.600. The molecule has 17 heavy (non-hydrogen) atoms. The molecule has 2 aliphatic rings. The van der Waals surface area contributed by atoms with E-state index in [1.54, 1.807) is 0 Å². The van der Waals surface area contributed by atoms with Crippen LogP contribution in [0.4, 0.5) is 5.69 Å². The standard InChI is InChI=1S/C15H22N2/c1-11-8-12(2)10-13(9-11)17-7-6-16-14-4-3-5-15(14)17/h8-10,14-16H,3-7H2,1-2H3/t14-,15-/m0/s1. The number of piperazine rings is 1. The van der Waals surface area contributed by atoms with Crippen molar-refractivity contribution in [1.29, 1.82) is 0 Å². The Balaban J connectivity index is 1.91. The predicted molar refractivity (Wildman–Crippen MR) is 72.7 cm³/mol. The lowest BCUT2D eigenvalue weighted by Crippen LogP contribution is -2.55. The summed E-state index contributed by atoms with van der Waals surface area (Å²) in [6.45, 7) is 6.69. The Bertz CT molecular complexity index is 393. The van der Waals surface area contributed by atoms with Crippen LogP contribution in [0.25, 0.3) is 0 Å². The lowest BCUT2D eigenvalue weighted by molar-refractivity contribution is 0.404. The first-order valence-electron chi connectivity index (χ1n) is 6.82. The normalized spacial score (nSPS) is 28.2. The number of aryl methyl sites for hydroxylation is 2. The zero-order valence-electron chi connectivity index (χ0n) is 10.9. The third-order valence-electron chi connectivity index (χ3n) is 4.18. The molecular weight excluding hydrogens is 208 g/mol. The fourth-order valence-electron chi connectivity index (χ4n) is 3.52. The van der Waals surface area contributed by atoms with Crippen LogP contribution in [-0.4, -0.2) is 25.2 Å². The van der Waals surface area contributed by atoms with Crippen LogP contribution in [0.2, 0.25) is 0 Å². The van der Waals surface area contributed by atoms with Crippen LogP contribution in [0, 0.1) is 13.8 Å². The highest BCUT2D eigenvalue weighted by Crippen LogP contribution is 2.31. The Hall–Kier alpha value is -1.02. The maximum absolute atomic E-state index is 3.67. The first-order valence-corrected chi connectivity index (χ1v) is 6.82. The van der Waals surface area contributed by atoms with Gasteiger partial charge in [-0.05, 0) is 56.4 Å². The number of nitrogens with one attached hydrogen (secondary N) is 1. The van der Waals surface area contributed by atoms with Gasteiger partial charge in [0.05, 0.1) is 0 Å². The highest BCUT2D eigenvalue weighted by Gasteiger charge is 2.34. The molecule has 0 radical (unpaired) electrons. The van der Waals surface area contributed by atoms with Gasteiger partial charge in [0.15, 0.2) is 0 Å². The molecule has 2 heteroatoms. The van der Waals surface area contributed by atoms with Gasteiger partial charge in [0.1, 0.15) is 0 Å². The Kier molecular flexibility index (Phi) is 2.83. The second kappa shape index (κ2) is 4.34. The maximum Gasteiger partial charge on any atom is 0.0443 e. The molecule has 1 N–H and O–H groups in total. The minimum Gasteiger partial charge on any atom is -0.366 e. The molecule has 0 spiro atoms. The van der Waals surface area contributed by atoms with Gasteiger partial charge in [-0.15, -0.1) is 0 Å². The van der Waals surface area contributed by atoms with Crippen LogP contribution in [0.5, 0.6) is 0 Å². The molecule has 92 valence electrons. The van der Waals surface area contributed by atoms with E-state index in [1.165, 1.54) is 36.1 Å². The molecule has 1 saturated heterocycles. The Morgan fingerprint density at radius 3 is 2.65 bits per heavy atom. The topological polar surface area (TPSA) is 15.3 Å². The van der Waals surface area contributed by atoms with E-state index in [2.05, 4.69) is 42.3 Å². The smallest absolute Gasteiger partial charge is 0.0443 e. The van der Waals surface area contributed by atoms with Gasteiger partial charge in [0, 0.05) is 30.9 Å². The van der Waals surface area contributed by atoms with Crippen molar-refractivity contribution in [1.82, 2.24) is 5.32 Å². The Labute approximate surface area is 104 Å². The Morgan fingerprint density at radius 1 is 1.12 bits per heavy atom. The van der Waals surface area contributed by atoms with E-state index in [9.17, 15) is 0 Å². The van der Waals surface area contributed by atoms with Crippen LogP contribution < -0.4 is 10.2 Å². The number of hydrogen-bond acceptors (Lipinski definition) is 2. The van der Waals surface area contributed by atoms with Gasteiger partial charge in [-0.1, -0.05) is 6.07 Å². The van der Waals surface area contributed by atoms with Gasteiger partial charge in [0.2, 0.25) is 0 Å². The molecule has 0 bridgehead atoms. The molecule has 1 saturated carbocycles. The Morgan fingerprint density at radius 2 is 1.88 bits per heavy atom. The number of hydrogen-bond donors (Lipinski definition) is 1. The van der Waals surface area contributed by atoms with E-state index in [1.807, 2.05) is 0 Å². The van der Waals surface area contributed by atoms with E-state index < -0.39 is 0 Å². The average molecular weight is 230 g/mol. The molecule has 0 unspecified atom stereocenters. The van der Waals surface area contributed by atoms with Crippen LogP contribution in [0.1, 0.15) is 30.4 Å². The second-order valence-electron chi connectivity index (χ2n) is 5.60. The number of anilines is 1. The molecule has 1 heterocycles. The SMILES string of the molecule is Cc1cc(C)cc(N2CCN[C@H]3CCC[C@@H]32)c1. The van der Waals surface area contributed by atoms with Gasteiger partial charge in [0.25, 0.3) is 0 Å². The van der Waals surface area contributed by atoms with Gasteiger partial charge in [-0.25, -0.2) is 0 Å². The molecule has 3 rings (SSSR count). The summed E-state index contributed by atoms with van der Waals surface area (Å²) >= 11 is 0.